The standard InChI is InChI=1S/C55H73N3O12S/c1-8-9-10-11-12-13-14-15-16-17-18-19-20-21-41(60)70-40-26-34-22-23-56-55(36(34)27-39(40)64-6)29-71-52-44-43(51-50(67-30-68-51)32(3)49(44)69-33(4)59)38(28-66-54(55)63)58-46(52)45-42-35(25-37(53(58)62)57(45)5)24-31(2)48(65-7)47(42)61/h24,26-27,37-38,45-46,52-53,56,61-62H,8-23,25,28-30H2,1-7H3/t37-,38-,45+,46?,52+,53-,55+/m0/s1. The van der Waals surface area contributed by atoms with Gasteiger partial charge in [-0.15, -0.1) is 11.8 Å². The molecule has 7 atom stereocenters. The van der Waals surface area contributed by atoms with Gasteiger partial charge >= 0.3 is 17.9 Å². The normalized spacial score (nSPS) is 25.2. The van der Waals surface area contributed by atoms with E-state index in [1.54, 1.807) is 13.2 Å². The Morgan fingerprint density at radius 1 is 0.845 bits per heavy atom. The Kier molecular flexibility index (Phi) is 15.7. The highest BCUT2D eigenvalue weighted by Crippen LogP contribution is 2.64. The van der Waals surface area contributed by atoms with Gasteiger partial charge in [-0.1, -0.05) is 90.0 Å². The van der Waals surface area contributed by atoms with Crippen LogP contribution in [0.3, 0.4) is 0 Å². The van der Waals surface area contributed by atoms with Crippen LogP contribution in [0, 0.1) is 13.8 Å². The Labute approximate surface area is 422 Å². The number of phenols is 1. The lowest BCUT2D eigenvalue weighted by molar-refractivity contribution is -0.186. The number of hydrogen-bond donors (Lipinski definition) is 3. The molecule has 0 aliphatic carbocycles. The number of likely N-dealkylation sites (N-methyl/N-ethyl adjacent to an activating group) is 1. The average molecular weight is 1000 g/mol. The predicted octanol–water partition coefficient (Wildman–Crippen LogP) is 9.09. The first-order valence-corrected chi connectivity index (χ1v) is 27.1. The number of nitrogens with one attached hydrogen (secondary N) is 1. The number of carbonyl (C=O) groups is 3. The fraction of sp³-hybridized carbons (Fsp3) is 0.618. The molecule has 1 unspecified atom stereocenters. The number of esters is 3. The molecule has 0 saturated carbocycles. The summed E-state index contributed by atoms with van der Waals surface area (Å²) < 4.78 is 42.8. The molecule has 2 fully saturated rings. The minimum Gasteiger partial charge on any atom is -0.504 e. The van der Waals surface area contributed by atoms with E-state index in [9.17, 15) is 19.8 Å². The molecule has 0 radical (unpaired) electrons. The Morgan fingerprint density at radius 2 is 1.54 bits per heavy atom. The number of phenolic OH excluding ortho intramolecular Hbond substituents is 1. The SMILES string of the molecule is CCCCCCCCCCCCCCCC(=O)Oc1cc2c(cc1OC)[C@@]1(CS[C@@H]3c4c(OC(C)=O)c(C)c5c(c4[C@H](COC1=O)N1C3[C@H]3c4c(cc(C)c(OC)c4O)C[C@@H]([C@@H]1O)N3C)OCO5)NCC2. The van der Waals surface area contributed by atoms with Crippen molar-refractivity contribution in [3.05, 3.63) is 62.7 Å². The molecule has 2 saturated heterocycles. The van der Waals surface area contributed by atoms with Gasteiger partial charge in [0.25, 0.3) is 0 Å². The Morgan fingerprint density at radius 3 is 2.21 bits per heavy atom. The summed E-state index contributed by atoms with van der Waals surface area (Å²) in [6.07, 6.45) is 16.0. The molecule has 3 aromatic carbocycles. The lowest BCUT2D eigenvalue weighted by Crippen LogP contribution is -2.70. The van der Waals surface area contributed by atoms with Gasteiger partial charge in [-0.3, -0.25) is 24.7 Å². The summed E-state index contributed by atoms with van der Waals surface area (Å²) in [5, 5.41) is 27.9. The Balaban J connectivity index is 1.03. The molecule has 0 aromatic heterocycles. The third-order valence-electron chi connectivity index (χ3n) is 16.0. The van der Waals surface area contributed by atoms with E-state index in [1.165, 1.54) is 90.0 Å². The van der Waals surface area contributed by atoms with Crippen LogP contribution in [0.2, 0.25) is 0 Å². The minimum absolute atomic E-state index is 0.0353. The highest BCUT2D eigenvalue weighted by Gasteiger charge is 2.61. The van der Waals surface area contributed by atoms with E-state index >= 15 is 4.79 Å². The monoisotopic (exact) mass is 999 g/mol. The Bertz CT molecular complexity index is 2500. The summed E-state index contributed by atoms with van der Waals surface area (Å²) in [4.78, 5) is 45.7. The third-order valence-corrected chi connectivity index (χ3v) is 17.4. The van der Waals surface area contributed by atoms with E-state index in [2.05, 4.69) is 17.1 Å². The first-order valence-electron chi connectivity index (χ1n) is 26.0. The zero-order valence-corrected chi connectivity index (χ0v) is 43.4. The largest absolute Gasteiger partial charge is 0.504 e. The van der Waals surface area contributed by atoms with E-state index in [0.717, 1.165) is 36.0 Å². The summed E-state index contributed by atoms with van der Waals surface area (Å²) in [6.45, 7) is 7.49. The topological polar surface area (TPSA) is 175 Å². The second-order valence-corrected chi connectivity index (χ2v) is 21.5. The van der Waals surface area contributed by atoms with Crippen molar-refractivity contribution in [2.45, 2.75) is 172 Å². The first-order chi connectivity index (χ1) is 34.3. The molecule has 7 aliphatic rings. The molecule has 386 valence electrons. The van der Waals surface area contributed by atoms with Crippen molar-refractivity contribution in [1.82, 2.24) is 15.1 Å². The number of thioether (sulfide) groups is 1. The summed E-state index contributed by atoms with van der Waals surface area (Å²) >= 11 is 1.48. The molecule has 1 spiro atoms. The lowest BCUT2D eigenvalue weighted by atomic mass is 9.73. The molecule has 3 aromatic rings. The van der Waals surface area contributed by atoms with Crippen molar-refractivity contribution in [3.8, 4) is 40.2 Å². The number of piperazine rings is 1. The number of methoxy groups -OCH3 is 2. The molecule has 16 heteroatoms. The molecular formula is C55H73N3O12S. The van der Waals surface area contributed by atoms with Gasteiger partial charge in [0.05, 0.1) is 37.6 Å². The van der Waals surface area contributed by atoms with Crippen LogP contribution < -0.4 is 33.7 Å². The van der Waals surface area contributed by atoms with Crippen LogP contribution in [0.5, 0.6) is 40.2 Å². The van der Waals surface area contributed by atoms with E-state index in [0.29, 0.717) is 88.1 Å². The first kappa shape index (κ1) is 51.2. The van der Waals surface area contributed by atoms with Crippen LogP contribution in [-0.2, 0) is 37.5 Å². The highest BCUT2D eigenvalue weighted by atomic mass is 32.2. The van der Waals surface area contributed by atoms with Crippen LogP contribution in [0.15, 0.2) is 18.2 Å². The maximum atomic E-state index is 15.1. The van der Waals surface area contributed by atoms with Gasteiger partial charge in [0.2, 0.25) is 6.79 Å². The van der Waals surface area contributed by atoms with Crippen molar-refractivity contribution in [3.63, 3.8) is 0 Å². The smallest absolute Gasteiger partial charge is 0.331 e. The molecule has 7 heterocycles. The summed E-state index contributed by atoms with van der Waals surface area (Å²) in [7, 11) is 5.03. The quantitative estimate of drug-likeness (QED) is 0.0625. The number of aliphatic hydroxyl groups excluding tert-OH is 1. The zero-order valence-electron chi connectivity index (χ0n) is 42.6. The molecule has 3 N–H and O–H groups in total. The molecule has 7 aliphatic heterocycles. The molecular weight excluding hydrogens is 927 g/mol. The number of benzene rings is 3. The van der Waals surface area contributed by atoms with Gasteiger partial charge in [0.1, 0.15) is 18.6 Å². The number of unbranched alkanes of at least 4 members (excludes halogenated alkanes) is 12. The van der Waals surface area contributed by atoms with Crippen molar-refractivity contribution < 1.29 is 57.8 Å². The summed E-state index contributed by atoms with van der Waals surface area (Å²) in [6, 6.07) is 3.33. The Hall–Kier alpha value is -4.74. The number of aromatic hydroxyl groups is 1. The number of fused-ring (bicyclic) bond motifs is 9. The number of carbonyl (C=O) groups excluding carboxylic acids is 3. The average Bonchev–Trinajstić information content (AvgIpc) is 3.84. The number of aliphatic hydroxyl groups is 1. The molecule has 0 amide bonds. The number of aryl methyl sites for hydroxylation is 1. The second kappa shape index (κ2) is 21.8. The van der Waals surface area contributed by atoms with Crippen LogP contribution in [0.4, 0.5) is 0 Å². The fourth-order valence-electron chi connectivity index (χ4n) is 12.5. The molecule has 71 heavy (non-hydrogen) atoms. The molecule has 15 nitrogen and oxygen atoms in total. The van der Waals surface area contributed by atoms with E-state index in [-0.39, 0.29) is 30.9 Å². The summed E-state index contributed by atoms with van der Waals surface area (Å²) in [5.41, 5.74) is 4.32. The van der Waals surface area contributed by atoms with Crippen LogP contribution in [0.25, 0.3) is 0 Å². The lowest BCUT2D eigenvalue weighted by Gasteiger charge is -2.62. The van der Waals surface area contributed by atoms with Crippen molar-refractivity contribution in [2.75, 3.05) is 47.0 Å². The van der Waals surface area contributed by atoms with Gasteiger partial charge in [-0.05, 0) is 74.5 Å². The molecule has 4 bridgehead atoms. The number of nitrogens with zero attached hydrogens (tertiary/aromatic N) is 2. The maximum Gasteiger partial charge on any atom is 0.331 e. The fourth-order valence-corrected chi connectivity index (χ4v) is 14.2. The third kappa shape index (κ3) is 9.45. The maximum absolute atomic E-state index is 15.1. The van der Waals surface area contributed by atoms with Gasteiger partial charge in [0, 0.05) is 53.9 Å². The highest BCUT2D eigenvalue weighted by molar-refractivity contribution is 7.99. The summed E-state index contributed by atoms with van der Waals surface area (Å²) in [5.74, 6) is 0.996. The predicted molar refractivity (Wildman–Crippen MR) is 269 cm³/mol. The number of ether oxygens (including phenoxy) is 7. The van der Waals surface area contributed by atoms with Crippen molar-refractivity contribution in [2.24, 2.45) is 0 Å². The van der Waals surface area contributed by atoms with Crippen molar-refractivity contribution >= 4 is 29.7 Å². The number of hydrogen-bond acceptors (Lipinski definition) is 16. The number of rotatable bonds is 18. The molecule has 10 rings (SSSR count). The van der Waals surface area contributed by atoms with E-state index in [1.807, 2.05) is 37.9 Å². The van der Waals surface area contributed by atoms with E-state index < -0.39 is 53.1 Å². The van der Waals surface area contributed by atoms with E-state index in [4.69, 9.17) is 33.2 Å². The zero-order chi connectivity index (χ0) is 50.1. The van der Waals surface area contributed by atoms with Crippen molar-refractivity contribution in [1.29, 1.82) is 0 Å². The minimum atomic E-state index is -1.41. The second-order valence-electron chi connectivity index (χ2n) is 20.4. The van der Waals surface area contributed by atoms with Gasteiger partial charge in [-0.25, -0.2) is 4.79 Å². The van der Waals surface area contributed by atoms with Gasteiger partial charge < -0.3 is 43.4 Å². The van der Waals surface area contributed by atoms with Gasteiger partial charge in [0.15, 0.2) is 40.0 Å². The van der Waals surface area contributed by atoms with Crippen LogP contribution >= 0.6 is 11.8 Å². The van der Waals surface area contributed by atoms with Crippen LogP contribution in [0.1, 0.15) is 166 Å². The van der Waals surface area contributed by atoms with Gasteiger partial charge in [-0.2, -0.15) is 0 Å². The van der Waals surface area contributed by atoms with Crippen LogP contribution in [-0.4, -0.2) is 103 Å².